The topological polar surface area (TPSA) is 98.7 Å². The highest BCUT2D eigenvalue weighted by atomic mass is 16.5. The summed E-state index contributed by atoms with van der Waals surface area (Å²) in [6, 6.07) is 6.41. The molecule has 1 aliphatic heterocycles. The molecule has 1 aromatic rings. The van der Waals surface area contributed by atoms with Gasteiger partial charge in [-0.1, -0.05) is 12.1 Å². The monoisotopic (exact) mass is 263 g/mol. The first-order chi connectivity index (χ1) is 9.08. The van der Waals surface area contributed by atoms with Crippen molar-refractivity contribution in [1.82, 2.24) is 4.90 Å². The average molecular weight is 263 g/mol. The van der Waals surface area contributed by atoms with E-state index in [4.69, 9.17) is 16.2 Å². The average Bonchev–Trinajstić information content (AvgIpc) is 2.41. The lowest BCUT2D eigenvalue weighted by Gasteiger charge is -2.33. The summed E-state index contributed by atoms with van der Waals surface area (Å²) in [7, 11) is 0. The van der Waals surface area contributed by atoms with E-state index in [1.54, 1.807) is 24.3 Å². The second kappa shape index (κ2) is 5.71. The summed E-state index contributed by atoms with van der Waals surface area (Å²) in [5.74, 6) is -0.665. The quantitative estimate of drug-likeness (QED) is 0.720. The van der Waals surface area contributed by atoms with Crippen LogP contribution in [0.15, 0.2) is 24.3 Å². The molecule has 0 aromatic heterocycles. The number of ether oxygens (including phenoxy) is 1. The Balaban J connectivity index is 2.05. The zero-order valence-corrected chi connectivity index (χ0v) is 10.5. The van der Waals surface area contributed by atoms with E-state index in [1.807, 2.05) is 0 Å². The number of anilines is 1. The van der Waals surface area contributed by atoms with Gasteiger partial charge in [-0.3, -0.25) is 9.59 Å². The van der Waals surface area contributed by atoms with Crippen LogP contribution in [0.25, 0.3) is 0 Å². The van der Waals surface area contributed by atoms with Gasteiger partial charge in [-0.15, -0.1) is 0 Å². The van der Waals surface area contributed by atoms with Gasteiger partial charge >= 0.3 is 0 Å². The van der Waals surface area contributed by atoms with E-state index < -0.39 is 11.9 Å². The van der Waals surface area contributed by atoms with Crippen molar-refractivity contribution in [3.63, 3.8) is 0 Å². The van der Waals surface area contributed by atoms with Crippen LogP contribution in [0.1, 0.15) is 5.56 Å². The number of primary amides is 1. The maximum atomic E-state index is 12.2. The molecule has 19 heavy (non-hydrogen) atoms. The minimum atomic E-state index is -0.671. The molecule has 1 saturated heterocycles. The van der Waals surface area contributed by atoms with Crippen molar-refractivity contribution in [3.05, 3.63) is 29.8 Å². The molecule has 102 valence electrons. The number of hydrogen-bond donors (Lipinski definition) is 2. The summed E-state index contributed by atoms with van der Waals surface area (Å²) < 4.78 is 5.18. The molecule has 0 radical (unpaired) electrons. The first-order valence-corrected chi connectivity index (χ1v) is 6.09. The SMILES string of the molecule is NC(=O)C1COCCN1C(=O)Cc1ccc(N)cc1. The molecule has 1 fully saturated rings. The molecule has 2 rings (SSSR count). The van der Waals surface area contributed by atoms with Crippen LogP contribution in [0.4, 0.5) is 5.69 Å². The number of carbonyl (C=O) groups excluding carboxylic acids is 2. The van der Waals surface area contributed by atoms with Crippen molar-refractivity contribution in [3.8, 4) is 0 Å². The van der Waals surface area contributed by atoms with Crippen LogP contribution >= 0.6 is 0 Å². The van der Waals surface area contributed by atoms with Crippen LogP contribution in [-0.2, 0) is 20.7 Å². The Morgan fingerprint density at radius 1 is 1.32 bits per heavy atom. The lowest BCUT2D eigenvalue weighted by atomic mass is 10.1. The van der Waals surface area contributed by atoms with Gasteiger partial charge in [0.1, 0.15) is 6.04 Å². The molecular weight excluding hydrogens is 246 g/mol. The molecule has 1 aromatic carbocycles. The van der Waals surface area contributed by atoms with Gasteiger partial charge in [-0.05, 0) is 17.7 Å². The van der Waals surface area contributed by atoms with E-state index in [0.717, 1.165) is 5.56 Å². The maximum Gasteiger partial charge on any atom is 0.242 e. The fourth-order valence-corrected chi connectivity index (χ4v) is 2.05. The van der Waals surface area contributed by atoms with E-state index >= 15 is 0 Å². The lowest BCUT2D eigenvalue weighted by Crippen LogP contribution is -2.55. The van der Waals surface area contributed by atoms with Crippen LogP contribution in [0, 0.1) is 0 Å². The predicted molar refractivity (Wildman–Crippen MR) is 70.1 cm³/mol. The van der Waals surface area contributed by atoms with Gasteiger partial charge in [0, 0.05) is 12.2 Å². The number of benzene rings is 1. The second-order valence-electron chi connectivity index (χ2n) is 4.50. The molecule has 6 heteroatoms. The molecule has 6 nitrogen and oxygen atoms in total. The highest BCUT2D eigenvalue weighted by molar-refractivity contribution is 5.87. The zero-order chi connectivity index (χ0) is 13.8. The van der Waals surface area contributed by atoms with Crippen LogP contribution < -0.4 is 11.5 Å². The van der Waals surface area contributed by atoms with E-state index in [-0.39, 0.29) is 18.9 Å². The number of hydrogen-bond acceptors (Lipinski definition) is 4. The van der Waals surface area contributed by atoms with Crippen LogP contribution in [0.2, 0.25) is 0 Å². The molecule has 1 atom stereocenters. The van der Waals surface area contributed by atoms with Crippen molar-refractivity contribution < 1.29 is 14.3 Å². The van der Waals surface area contributed by atoms with Gasteiger partial charge in [-0.25, -0.2) is 0 Å². The third-order valence-corrected chi connectivity index (χ3v) is 3.11. The third kappa shape index (κ3) is 3.23. The van der Waals surface area contributed by atoms with Gasteiger partial charge in [0.05, 0.1) is 19.6 Å². The summed E-state index contributed by atoms with van der Waals surface area (Å²) >= 11 is 0. The van der Waals surface area contributed by atoms with Crippen molar-refractivity contribution >= 4 is 17.5 Å². The van der Waals surface area contributed by atoms with E-state index in [0.29, 0.717) is 18.8 Å². The number of nitrogens with two attached hydrogens (primary N) is 2. The first-order valence-electron chi connectivity index (χ1n) is 6.09. The number of morpholine rings is 1. The maximum absolute atomic E-state index is 12.2. The molecule has 1 unspecified atom stereocenters. The fourth-order valence-electron chi connectivity index (χ4n) is 2.05. The van der Waals surface area contributed by atoms with Gasteiger partial charge < -0.3 is 21.1 Å². The Bertz CT molecular complexity index is 473. The number of amides is 2. The largest absolute Gasteiger partial charge is 0.399 e. The summed E-state index contributed by atoms with van der Waals surface area (Å²) in [5, 5.41) is 0. The van der Waals surface area contributed by atoms with Crippen molar-refractivity contribution in [2.75, 3.05) is 25.5 Å². The number of carbonyl (C=O) groups is 2. The Morgan fingerprint density at radius 3 is 2.63 bits per heavy atom. The molecule has 0 bridgehead atoms. The third-order valence-electron chi connectivity index (χ3n) is 3.11. The highest BCUT2D eigenvalue weighted by Gasteiger charge is 2.31. The van der Waals surface area contributed by atoms with Crippen LogP contribution in [-0.4, -0.2) is 42.5 Å². The smallest absolute Gasteiger partial charge is 0.242 e. The van der Waals surface area contributed by atoms with E-state index in [2.05, 4.69) is 0 Å². The van der Waals surface area contributed by atoms with Crippen molar-refractivity contribution in [1.29, 1.82) is 0 Å². The molecule has 1 aliphatic rings. The summed E-state index contributed by atoms with van der Waals surface area (Å²) in [4.78, 5) is 25.0. The Morgan fingerprint density at radius 2 is 2.00 bits per heavy atom. The zero-order valence-electron chi connectivity index (χ0n) is 10.5. The molecule has 1 heterocycles. The molecule has 4 N–H and O–H groups in total. The molecular formula is C13H17N3O3. The number of nitrogens with zero attached hydrogens (tertiary/aromatic N) is 1. The molecule has 2 amide bonds. The van der Waals surface area contributed by atoms with Crippen molar-refractivity contribution in [2.24, 2.45) is 5.73 Å². The highest BCUT2D eigenvalue weighted by Crippen LogP contribution is 2.12. The minimum absolute atomic E-state index is 0.128. The molecule has 0 spiro atoms. The predicted octanol–water partition coefficient (Wildman–Crippen LogP) is -0.476. The summed E-state index contributed by atoms with van der Waals surface area (Å²) in [6.07, 6.45) is 0.226. The van der Waals surface area contributed by atoms with Crippen molar-refractivity contribution in [2.45, 2.75) is 12.5 Å². The van der Waals surface area contributed by atoms with Gasteiger partial charge in [-0.2, -0.15) is 0 Å². The van der Waals surface area contributed by atoms with Gasteiger partial charge in [0.25, 0.3) is 0 Å². The Hall–Kier alpha value is -2.08. The lowest BCUT2D eigenvalue weighted by molar-refractivity contribution is -0.146. The molecule has 0 saturated carbocycles. The van der Waals surface area contributed by atoms with E-state index in [9.17, 15) is 9.59 Å². The molecule has 0 aliphatic carbocycles. The normalized spacial score (nSPS) is 19.2. The summed E-state index contributed by atoms with van der Waals surface area (Å²) in [5.41, 5.74) is 12.4. The van der Waals surface area contributed by atoms with Gasteiger partial charge in [0.2, 0.25) is 11.8 Å². The first kappa shape index (κ1) is 13.4. The van der Waals surface area contributed by atoms with Crippen LogP contribution in [0.3, 0.4) is 0 Å². The standard InChI is InChI=1S/C13H17N3O3/c14-10-3-1-9(2-4-10)7-12(17)16-5-6-19-8-11(16)13(15)18/h1-4,11H,5-8,14H2,(H2,15,18). The number of rotatable bonds is 3. The number of nitrogen functional groups attached to an aromatic ring is 1. The van der Waals surface area contributed by atoms with Gasteiger partial charge in [0.15, 0.2) is 0 Å². The Labute approximate surface area is 111 Å². The fraction of sp³-hybridized carbons (Fsp3) is 0.385. The minimum Gasteiger partial charge on any atom is -0.399 e. The Kier molecular flexibility index (Phi) is 4.01. The van der Waals surface area contributed by atoms with Crippen LogP contribution in [0.5, 0.6) is 0 Å². The summed E-state index contributed by atoms with van der Waals surface area (Å²) in [6.45, 7) is 0.988. The van der Waals surface area contributed by atoms with E-state index in [1.165, 1.54) is 4.90 Å². The second-order valence-corrected chi connectivity index (χ2v) is 4.50.